The van der Waals surface area contributed by atoms with Gasteiger partial charge in [-0.25, -0.2) is 0 Å². The number of aryl methyl sites for hydroxylation is 1. The van der Waals surface area contributed by atoms with Gasteiger partial charge in [-0.05, 0) is 54.3 Å². The van der Waals surface area contributed by atoms with E-state index >= 15 is 0 Å². The van der Waals surface area contributed by atoms with Gasteiger partial charge in [0.25, 0.3) is 5.78 Å². The number of benzene rings is 4. The third-order valence-electron chi connectivity index (χ3n) is 7.65. The molecule has 8 nitrogen and oxygen atoms in total. The summed E-state index contributed by atoms with van der Waals surface area (Å²) >= 11 is 2.75. The van der Waals surface area contributed by atoms with Crippen LogP contribution in [0.3, 0.4) is 0 Å². The molecular formula is C36H33N3O5S2. The first-order chi connectivity index (χ1) is 22.4. The number of carbonyl (C=O) groups excluding carboxylic acids is 2. The number of aliphatic hydroxyl groups excluding tert-OH is 1. The predicted molar refractivity (Wildman–Crippen MR) is 183 cm³/mol. The molecule has 1 atom stereocenters. The zero-order chi connectivity index (χ0) is 32.2. The fourth-order valence-electron chi connectivity index (χ4n) is 5.42. The Morgan fingerprint density at radius 1 is 0.935 bits per heavy atom. The van der Waals surface area contributed by atoms with E-state index in [1.807, 2.05) is 51.1 Å². The van der Waals surface area contributed by atoms with Crippen molar-refractivity contribution in [2.45, 2.75) is 43.3 Å². The molecule has 10 heteroatoms. The Kier molecular flexibility index (Phi) is 9.37. The molecule has 0 spiro atoms. The number of anilines is 1. The van der Waals surface area contributed by atoms with Crippen LogP contribution in [0.2, 0.25) is 0 Å². The van der Waals surface area contributed by atoms with Crippen LogP contribution in [0.4, 0.5) is 5.13 Å². The van der Waals surface area contributed by atoms with E-state index in [1.54, 1.807) is 30.3 Å². The number of Topliss-reactive ketones (excluding diaryl/α,β-unsaturated/α-hetero) is 1. The molecule has 1 amide bonds. The minimum absolute atomic E-state index is 0.0290. The maximum absolute atomic E-state index is 13.8. The molecule has 1 aliphatic heterocycles. The second-order valence-electron chi connectivity index (χ2n) is 10.8. The topological polar surface area (TPSA) is 102 Å². The molecule has 1 saturated heterocycles. The first-order valence-electron chi connectivity index (χ1n) is 15.1. The molecule has 0 aliphatic carbocycles. The third kappa shape index (κ3) is 6.23. The standard InChI is InChI=1S/C36H33N3O5S2/c1-4-19-44-28-18-17-25(20-29(28)43-5-2)31-30(32(40)24-15-13-22(3)14-16-24)33(41)34(42)39(31)35-37-38-36(46-35)45-21-26-11-8-10-23-9-6-7-12-27(23)26/h6-18,20,31,40H,4-5,19,21H2,1-3H3. The first-order valence-corrected chi connectivity index (χ1v) is 16.9. The summed E-state index contributed by atoms with van der Waals surface area (Å²) in [4.78, 5) is 28.8. The van der Waals surface area contributed by atoms with Gasteiger partial charge in [-0.15, -0.1) is 10.2 Å². The Morgan fingerprint density at radius 2 is 1.72 bits per heavy atom. The van der Waals surface area contributed by atoms with Crippen molar-refractivity contribution < 1.29 is 24.2 Å². The minimum atomic E-state index is -0.968. The molecular weight excluding hydrogens is 619 g/mol. The zero-order valence-corrected chi connectivity index (χ0v) is 27.4. The van der Waals surface area contributed by atoms with E-state index in [9.17, 15) is 14.7 Å². The second-order valence-corrected chi connectivity index (χ2v) is 13.0. The number of amides is 1. The van der Waals surface area contributed by atoms with E-state index in [-0.39, 0.29) is 16.5 Å². The summed E-state index contributed by atoms with van der Waals surface area (Å²) < 4.78 is 12.5. The van der Waals surface area contributed by atoms with Crippen molar-refractivity contribution in [3.8, 4) is 11.5 Å². The van der Waals surface area contributed by atoms with Crippen molar-refractivity contribution in [3.63, 3.8) is 0 Å². The fourth-order valence-corrected chi connectivity index (χ4v) is 7.29. The van der Waals surface area contributed by atoms with Crippen LogP contribution < -0.4 is 14.4 Å². The highest BCUT2D eigenvalue weighted by molar-refractivity contribution is 8.00. The van der Waals surface area contributed by atoms with Crippen molar-refractivity contribution in [3.05, 3.63) is 113 Å². The lowest BCUT2D eigenvalue weighted by Gasteiger charge is -2.23. The number of ether oxygens (including phenoxy) is 2. The van der Waals surface area contributed by atoms with E-state index in [0.717, 1.165) is 22.9 Å². The normalized spacial score (nSPS) is 15.9. The van der Waals surface area contributed by atoms with E-state index in [4.69, 9.17) is 9.47 Å². The van der Waals surface area contributed by atoms with Gasteiger partial charge in [0.15, 0.2) is 15.8 Å². The monoisotopic (exact) mass is 651 g/mol. The molecule has 1 aliphatic rings. The summed E-state index contributed by atoms with van der Waals surface area (Å²) in [5.41, 5.74) is 3.14. The maximum Gasteiger partial charge on any atom is 0.301 e. The van der Waals surface area contributed by atoms with Crippen molar-refractivity contribution in [2.75, 3.05) is 18.1 Å². The molecule has 2 heterocycles. The van der Waals surface area contributed by atoms with Gasteiger partial charge < -0.3 is 14.6 Å². The van der Waals surface area contributed by atoms with Crippen molar-refractivity contribution in [1.29, 1.82) is 0 Å². The molecule has 0 saturated carbocycles. The molecule has 1 aromatic heterocycles. The summed E-state index contributed by atoms with van der Waals surface area (Å²) in [6, 6.07) is 25.9. The molecule has 5 aromatic rings. The quantitative estimate of drug-likeness (QED) is 0.0503. The van der Waals surface area contributed by atoms with Gasteiger partial charge in [0.05, 0.1) is 24.8 Å². The number of nitrogens with zero attached hydrogens (tertiary/aromatic N) is 3. The largest absolute Gasteiger partial charge is 0.507 e. The molecule has 1 fully saturated rings. The maximum atomic E-state index is 13.8. The smallest absolute Gasteiger partial charge is 0.301 e. The van der Waals surface area contributed by atoms with Crippen LogP contribution in [0.5, 0.6) is 11.5 Å². The SMILES string of the molecule is CCCOc1ccc(C2C(=C(O)c3ccc(C)cc3)C(=O)C(=O)N2c2nnc(SCc3cccc4ccccc34)s2)cc1OCC. The first kappa shape index (κ1) is 31.3. The number of aromatic nitrogens is 2. The summed E-state index contributed by atoms with van der Waals surface area (Å²) in [5.74, 6) is -0.144. The predicted octanol–water partition coefficient (Wildman–Crippen LogP) is 8.11. The second kappa shape index (κ2) is 13.8. The van der Waals surface area contributed by atoms with E-state index in [0.29, 0.717) is 45.9 Å². The number of fused-ring (bicyclic) bond motifs is 1. The van der Waals surface area contributed by atoms with Crippen LogP contribution in [0.25, 0.3) is 16.5 Å². The van der Waals surface area contributed by atoms with E-state index < -0.39 is 17.7 Å². The minimum Gasteiger partial charge on any atom is -0.507 e. The summed E-state index contributed by atoms with van der Waals surface area (Å²) in [7, 11) is 0. The molecule has 4 aromatic carbocycles. The average Bonchev–Trinajstić information content (AvgIpc) is 3.64. The summed E-state index contributed by atoms with van der Waals surface area (Å²) in [6.07, 6.45) is 0.821. The van der Waals surface area contributed by atoms with Crippen LogP contribution in [0, 0.1) is 6.92 Å². The fraction of sp³-hybridized carbons (Fsp3) is 0.222. The van der Waals surface area contributed by atoms with Gasteiger partial charge in [0.2, 0.25) is 5.13 Å². The molecule has 46 heavy (non-hydrogen) atoms. The van der Waals surface area contributed by atoms with Gasteiger partial charge >= 0.3 is 5.91 Å². The zero-order valence-electron chi connectivity index (χ0n) is 25.7. The van der Waals surface area contributed by atoms with Gasteiger partial charge in [-0.3, -0.25) is 14.5 Å². The van der Waals surface area contributed by atoms with Crippen molar-refractivity contribution >= 4 is 56.5 Å². The van der Waals surface area contributed by atoms with Crippen molar-refractivity contribution in [1.82, 2.24) is 10.2 Å². The third-order valence-corrected chi connectivity index (χ3v) is 9.75. The highest BCUT2D eigenvalue weighted by Crippen LogP contribution is 2.46. The van der Waals surface area contributed by atoms with Crippen LogP contribution in [-0.4, -0.2) is 40.2 Å². The van der Waals surface area contributed by atoms with Crippen molar-refractivity contribution in [2.24, 2.45) is 0 Å². The molecule has 0 bridgehead atoms. The summed E-state index contributed by atoms with van der Waals surface area (Å²) in [6.45, 7) is 6.73. The highest BCUT2D eigenvalue weighted by Gasteiger charge is 2.48. The number of rotatable bonds is 11. The number of thioether (sulfide) groups is 1. The Hall–Kier alpha value is -4.67. The molecule has 234 valence electrons. The highest BCUT2D eigenvalue weighted by atomic mass is 32.2. The Balaban J connectivity index is 1.40. The molecule has 0 radical (unpaired) electrons. The lowest BCUT2D eigenvalue weighted by molar-refractivity contribution is -0.132. The number of hydrogen-bond acceptors (Lipinski definition) is 9. The number of carbonyl (C=O) groups is 2. The number of ketones is 1. The van der Waals surface area contributed by atoms with Gasteiger partial charge in [-0.1, -0.05) is 108 Å². The number of aliphatic hydroxyl groups is 1. The van der Waals surface area contributed by atoms with Gasteiger partial charge in [0, 0.05) is 11.3 Å². The van der Waals surface area contributed by atoms with Crippen LogP contribution in [0.1, 0.15) is 48.6 Å². The van der Waals surface area contributed by atoms with Crippen LogP contribution >= 0.6 is 23.1 Å². The number of hydrogen-bond donors (Lipinski definition) is 1. The molecule has 1 unspecified atom stereocenters. The lowest BCUT2D eigenvalue weighted by Crippen LogP contribution is -2.29. The summed E-state index contributed by atoms with van der Waals surface area (Å²) in [5, 5.41) is 22.9. The average molecular weight is 652 g/mol. The molecule has 1 N–H and O–H groups in total. The van der Waals surface area contributed by atoms with Crippen LogP contribution in [-0.2, 0) is 15.3 Å². The van der Waals surface area contributed by atoms with E-state index in [2.05, 4.69) is 34.5 Å². The lowest BCUT2D eigenvalue weighted by atomic mass is 9.95. The Labute approximate surface area is 275 Å². The van der Waals surface area contributed by atoms with E-state index in [1.165, 1.54) is 33.4 Å². The van der Waals surface area contributed by atoms with Gasteiger partial charge in [-0.2, -0.15) is 0 Å². The van der Waals surface area contributed by atoms with Gasteiger partial charge in [0.1, 0.15) is 5.76 Å². The Bertz CT molecular complexity index is 1930. The molecule has 6 rings (SSSR count). The Morgan fingerprint density at radius 3 is 2.50 bits per heavy atom. The van der Waals surface area contributed by atoms with Crippen LogP contribution in [0.15, 0.2) is 94.8 Å².